The summed E-state index contributed by atoms with van der Waals surface area (Å²) in [5, 5.41) is 84.2. The number of hydrogen-bond donors (Lipinski definition) is 0. The fraction of sp³-hybridized carbons (Fsp3) is 0.110. The first-order valence-electron chi connectivity index (χ1n) is 28.4. The lowest BCUT2D eigenvalue weighted by Gasteiger charge is -2.53. The molecule has 28 aromatic rings. The number of nitrogens with zero attached hydrogens (tertiary/aromatic N) is 1. The predicted octanol–water partition coefficient (Wildman–Crippen LogP) is 18.3. The van der Waals surface area contributed by atoms with E-state index in [2.05, 4.69) is 36.9 Å². The summed E-state index contributed by atoms with van der Waals surface area (Å²) >= 11 is 0. The third kappa shape index (κ3) is 1.72. The van der Waals surface area contributed by atoms with Crippen LogP contribution >= 0.6 is 0 Å². The molecule has 3 heteroatoms. The minimum absolute atomic E-state index is 0.252. The maximum Gasteiger partial charge on any atom is 0.337 e. The van der Waals surface area contributed by atoms with Crippen LogP contribution in [0.5, 0.6) is 0 Å². The van der Waals surface area contributed by atoms with Crippen LogP contribution in [0.15, 0.2) is 24.3 Å². The molecule has 76 heavy (non-hydrogen) atoms. The Labute approximate surface area is 418 Å². The van der Waals surface area contributed by atoms with Gasteiger partial charge in [-0.3, -0.25) is 4.90 Å². The van der Waals surface area contributed by atoms with E-state index >= 15 is 0 Å². The molecule has 0 N–H and O–H groups in total. The highest BCUT2D eigenvalue weighted by atomic mass is 16.5. The first-order chi connectivity index (χ1) is 37.7. The van der Waals surface area contributed by atoms with Crippen molar-refractivity contribution in [2.45, 2.75) is 31.2 Å². The Morgan fingerprint density at radius 2 is 0.592 bits per heavy atom. The number of rotatable bonds is 6. The van der Waals surface area contributed by atoms with E-state index in [0.29, 0.717) is 5.56 Å². The van der Waals surface area contributed by atoms with Gasteiger partial charge in [0, 0.05) is 0 Å². The van der Waals surface area contributed by atoms with Crippen molar-refractivity contribution < 1.29 is 9.53 Å². The number of methoxy groups -OCH3 is 1. The molecule has 0 bridgehead atoms. The Balaban J connectivity index is 1.12. The molecular formula is C73H19NO2. The van der Waals surface area contributed by atoms with Gasteiger partial charge in [-0.15, -0.1) is 0 Å². The van der Waals surface area contributed by atoms with E-state index in [-0.39, 0.29) is 5.97 Å². The van der Waals surface area contributed by atoms with Crippen LogP contribution in [0.2, 0.25) is 0 Å². The molecule has 28 aromatic carbocycles. The minimum atomic E-state index is -0.493. The van der Waals surface area contributed by atoms with Crippen molar-refractivity contribution in [1.82, 2.24) is 4.90 Å². The van der Waals surface area contributed by atoms with Crippen LogP contribution in [0.25, 0.3) is 280 Å². The third-order valence-corrected chi connectivity index (χ3v) is 26.4. The average molecular weight is 942 g/mol. The van der Waals surface area contributed by atoms with Gasteiger partial charge >= 0.3 is 5.97 Å². The lowest BCUT2D eigenvalue weighted by molar-refractivity contribution is 0.0600. The summed E-state index contributed by atoms with van der Waals surface area (Å²) in [6.45, 7) is 6.93. The molecule has 33 rings (SSSR count). The van der Waals surface area contributed by atoms with Gasteiger partial charge in [0.25, 0.3) is 0 Å². The Morgan fingerprint density at radius 3 is 0.934 bits per heavy atom. The molecule has 328 valence electrons. The normalized spacial score (nSPS) is 21.0. The monoisotopic (exact) mass is 941 g/mol. The molecule has 3 nitrogen and oxygen atoms in total. The maximum atomic E-state index is 13.8. The van der Waals surface area contributed by atoms with Crippen molar-refractivity contribution in [3.05, 3.63) is 68.8 Å². The zero-order valence-corrected chi connectivity index (χ0v) is 40.2. The smallest absolute Gasteiger partial charge is 0.337 e. The molecule has 0 saturated carbocycles. The van der Waals surface area contributed by atoms with Crippen molar-refractivity contribution in [2.24, 2.45) is 0 Å². The van der Waals surface area contributed by atoms with Gasteiger partial charge in [-0.05, 0) is 351 Å². The van der Waals surface area contributed by atoms with Gasteiger partial charge in [-0.1, -0.05) is 26.0 Å². The number of ether oxygens (including phenoxy) is 1. The molecule has 0 aromatic heterocycles. The van der Waals surface area contributed by atoms with Gasteiger partial charge in [-0.2, -0.15) is 0 Å². The summed E-state index contributed by atoms with van der Waals surface area (Å²) < 4.78 is 5.54. The Morgan fingerprint density at radius 1 is 0.342 bits per heavy atom. The van der Waals surface area contributed by atoms with E-state index in [9.17, 15) is 4.79 Å². The van der Waals surface area contributed by atoms with Gasteiger partial charge in [0.2, 0.25) is 0 Å². The van der Waals surface area contributed by atoms with Crippen molar-refractivity contribution in [1.29, 1.82) is 0 Å². The van der Waals surface area contributed by atoms with Crippen LogP contribution in [0, 0.1) is 0 Å². The molecule has 0 saturated heterocycles. The van der Waals surface area contributed by atoms with Crippen molar-refractivity contribution in [3.63, 3.8) is 0 Å². The molecule has 0 heterocycles. The standard InChI is InChI=1S/C73H19NO2/c1-4-74(5-2)73-66-58-49-42-29-22-16-15-17-13-14-18(16)27(29)33-31-20(14)23-19(13)30-32-26(17)28-21(15)24-25(22)36-43-35(24)44-41(28)48-46(32)50-37(30)39-34(23)40-38(31)51(47(33)49)62(66)64-53(40)52(39)63-61(50)65-57(48)54(44)59-56(43)60(55(58)45(36)42)69(73)67(59)72(65,68(63)70(64)73)10-11-7-6-8-12(9-11)71(75)76-3/h6-9H,4-5,10H2,1-3H3. The summed E-state index contributed by atoms with van der Waals surface area (Å²) in [5.74, 6) is -0.252. The Kier molecular flexibility index (Phi) is 2.89. The molecule has 5 aliphatic rings. The number of esters is 1. The zero-order chi connectivity index (χ0) is 46.5. The summed E-state index contributed by atoms with van der Waals surface area (Å²) in [4.78, 5) is 16.8. The van der Waals surface area contributed by atoms with Gasteiger partial charge in [-0.25, -0.2) is 4.79 Å². The van der Waals surface area contributed by atoms with E-state index in [4.69, 9.17) is 4.74 Å². The van der Waals surface area contributed by atoms with Gasteiger partial charge in [0.1, 0.15) is 5.54 Å². The number of benzene rings is 18. The van der Waals surface area contributed by atoms with Crippen LogP contribution in [0.3, 0.4) is 0 Å². The second-order valence-electron chi connectivity index (χ2n) is 26.9. The molecular weight excluding hydrogens is 923 g/mol. The zero-order valence-electron chi connectivity index (χ0n) is 40.2. The lowest BCUT2D eigenvalue weighted by Crippen LogP contribution is -2.53. The highest BCUT2D eigenvalue weighted by Crippen LogP contribution is 2.84. The van der Waals surface area contributed by atoms with Crippen LogP contribution in [0.1, 0.15) is 63.1 Å². The molecule has 0 fully saturated rings. The molecule has 2 unspecified atom stereocenters. The van der Waals surface area contributed by atoms with E-state index in [1.165, 1.54) is 5.56 Å². The number of hydrogen-bond acceptors (Lipinski definition) is 3. The van der Waals surface area contributed by atoms with Crippen LogP contribution < -0.4 is 0 Å². The predicted molar refractivity (Wildman–Crippen MR) is 317 cm³/mol. The van der Waals surface area contributed by atoms with Crippen LogP contribution in [-0.4, -0.2) is 31.1 Å². The van der Waals surface area contributed by atoms with E-state index < -0.39 is 11.0 Å². The van der Waals surface area contributed by atoms with Gasteiger partial charge < -0.3 is 4.74 Å². The third-order valence-electron chi connectivity index (χ3n) is 26.4. The SMILES string of the molecule is CCN(CC)C12c3c4c5c6c7c8c9c%10c(c1c1c%11c2c2c%12c3c5c3c5c6c6c7c7c9c9c%13c%10c1c1c%10c%11c%11c2c2c%12c3c3c5c5c6c6c7c9c7c(c%131)c1c%10c%11c9c2c3c2c9c1c7c6c52)C48Cc1cccc(C(=O)OC)c1. The summed E-state index contributed by atoms with van der Waals surface area (Å²) in [6.07, 6.45) is 0.809. The summed E-state index contributed by atoms with van der Waals surface area (Å²) in [7, 11) is 1.54. The summed E-state index contributed by atoms with van der Waals surface area (Å²) in [6, 6.07) is 8.73. The molecule has 2 atom stereocenters. The average Bonchev–Trinajstić information content (AvgIpc) is 1.90. The van der Waals surface area contributed by atoms with Crippen LogP contribution in [0.4, 0.5) is 0 Å². The second kappa shape index (κ2) is 7.21. The molecule has 0 radical (unpaired) electrons. The van der Waals surface area contributed by atoms with E-state index in [1.54, 1.807) is 321 Å². The van der Waals surface area contributed by atoms with Crippen LogP contribution in [-0.2, 0) is 22.1 Å². The highest BCUT2D eigenvalue weighted by Gasteiger charge is 2.67. The molecule has 5 aliphatic carbocycles. The molecule has 0 spiro atoms. The second-order valence-corrected chi connectivity index (χ2v) is 26.9. The Hall–Kier alpha value is -8.89. The lowest BCUT2D eigenvalue weighted by atomic mass is 9.55. The van der Waals surface area contributed by atoms with Gasteiger partial charge in [0.15, 0.2) is 0 Å². The topological polar surface area (TPSA) is 29.5 Å². The quantitative estimate of drug-likeness (QED) is 0.123. The largest absolute Gasteiger partial charge is 0.465 e. The number of carbonyl (C=O) groups is 1. The van der Waals surface area contributed by atoms with E-state index in [1.807, 2.05) is 6.07 Å². The van der Waals surface area contributed by atoms with Crippen molar-refractivity contribution >= 4 is 286 Å². The fourth-order valence-electron chi connectivity index (χ4n) is 26.0. The molecule has 0 amide bonds. The number of carbonyl (C=O) groups excluding carboxylic acids is 1. The minimum Gasteiger partial charge on any atom is -0.465 e. The summed E-state index contributed by atoms with van der Waals surface area (Å²) in [5.41, 5.74) is 10.9. The van der Waals surface area contributed by atoms with Gasteiger partial charge in [0.05, 0.1) is 18.1 Å². The van der Waals surface area contributed by atoms with E-state index in [0.717, 1.165) is 19.5 Å². The first-order valence-corrected chi connectivity index (χ1v) is 28.4. The van der Waals surface area contributed by atoms with Crippen molar-refractivity contribution in [2.75, 3.05) is 20.2 Å². The fourth-order valence-corrected chi connectivity index (χ4v) is 26.0. The maximum absolute atomic E-state index is 13.8. The van der Waals surface area contributed by atoms with Crippen molar-refractivity contribution in [3.8, 4) is 0 Å². The first kappa shape index (κ1) is 30.5. The molecule has 0 aliphatic heterocycles. The Bertz CT molecular complexity index is 7660. The highest BCUT2D eigenvalue weighted by molar-refractivity contribution is 6.81.